The molecule has 0 aliphatic rings. The molecule has 0 bridgehead atoms. The molecule has 0 saturated heterocycles. The summed E-state index contributed by atoms with van der Waals surface area (Å²) in [7, 11) is 0. The Balaban J connectivity index is 1.98. The number of halogens is 1. The molecule has 1 N–H and O–H groups in total. The SMILES string of the molecule is N#Cc1ccc(CNC(=O)c2ccnc(Cl)c2)cc1. The third-order valence-electron chi connectivity index (χ3n) is 2.52. The van der Waals surface area contributed by atoms with Crippen LogP contribution < -0.4 is 5.32 Å². The van der Waals surface area contributed by atoms with E-state index in [9.17, 15) is 4.79 Å². The summed E-state index contributed by atoms with van der Waals surface area (Å²) in [5.41, 5.74) is 1.98. The third kappa shape index (κ3) is 3.54. The van der Waals surface area contributed by atoms with E-state index in [1.165, 1.54) is 12.3 Å². The Labute approximate surface area is 115 Å². The molecule has 2 aromatic rings. The summed E-state index contributed by atoms with van der Waals surface area (Å²) in [6.07, 6.45) is 1.49. The van der Waals surface area contributed by atoms with Gasteiger partial charge < -0.3 is 5.32 Å². The Morgan fingerprint density at radius 3 is 2.68 bits per heavy atom. The van der Waals surface area contributed by atoms with Gasteiger partial charge in [-0.1, -0.05) is 23.7 Å². The summed E-state index contributed by atoms with van der Waals surface area (Å²) in [6.45, 7) is 0.393. The molecule has 4 nitrogen and oxygen atoms in total. The second-order valence-corrected chi connectivity index (χ2v) is 4.25. The molecule has 1 amide bonds. The molecule has 0 aliphatic carbocycles. The molecule has 0 saturated carbocycles. The zero-order valence-electron chi connectivity index (χ0n) is 9.93. The number of nitriles is 1. The van der Waals surface area contributed by atoms with Gasteiger partial charge in [0.25, 0.3) is 5.91 Å². The normalized spacial score (nSPS) is 9.68. The number of hydrogen-bond acceptors (Lipinski definition) is 3. The average Bonchev–Trinajstić information content (AvgIpc) is 2.45. The number of rotatable bonds is 3. The molecule has 0 atom stereocenters. The van der Waals surface area contributed by atoms with E-state index in [4.69, 9.17) is 16.9 Å². The van der Waals surface area contributed by atoms with E-state index >= 15 is 0 Å². The zero-order chi connectivity index (χ0) is 13.7. The lowest BCUT2D eigenvalue weighted by Crippen LogP contribution is -2.22. The van der Waals surface area contributed by atoms with E-state index in [0.717, 1.165) is 5.56 Å². The molecule has 0 fully saturated rings. The van der Waals surface area contributed by atoms with Gasteiger partial charge in [-0.25, -0.2) is 4.98 Å². The smallest absolute Gasteiger partial charge is 0.251 e. The molecule has 94 valence electrons. The van der Waals surface area contributed by atoms with E-state index in [-0.39, 0.29) is 11.1 Å². The van der Waals surface area contributed by atoms with Crippen LogP contribution in [0.2, 0.25) is 5.15 Å². The minimum Gasteiger partial charge on any atom is -0.348 e. The van der Waals surface area contributed by atoms with Crippen molar-refractivity contribution < 1.29 is 4.79 Å². The highest BCUT2D eigenvalue weighted by Gasteiger charge is 2.05. The summed E-state index contributed by atoms with van der Waals surface area (Å²) >= 11 is 5.72. The molecule has 0 unspecified atom stereocenters. The number of nitrogens with one attached hydrogen (secondary N) is 1. The first-order valence-electron chi connectivity index (χ1n) is 5.58. The van der Waals surface area contributed by atoms with Gasteiger partial charge in [0.2, 0.25) is 0 Å². The van der Waals surface area contributed by atoms with Crippen molar-refractivity contribution in [1.82, 2.24) is 10.3 Å². The van der Waals surface area contributed by atoms with Crippen molar-refractivity contribution in [2.75, 3.05) is 0 Å². The van der Waals surface area contributed by atoms with Crippen molar-refractivity contribution in [3.8, 4) is 6.07 Å². The second-order valence-electron chi connectivity index (χ2n) is 3.86. The summed E-state index contributed by atoms with van der Waals surface area (Å²) in [5.74, 6) is -0.214. The number of aromatic nitrogens is 1. The van der Waals surface area contributed by atoms with E-state index in [2.05, 4.69) is 10.3 Å². The van der Waals surface area contributed by atoms with Crippen LogP contribution in [0.4, 0.5) is 0 Å². The van der Waals surface area contributed by atoms with Gasteiger partial charge in [0.1, 0.15) is 5.15 Å². The standard InChI is InChI=1S/C14H10ClN3O/c15-13-7-12(5-6-17-13)14(19)18-9-11-3-1-10(8-16)2-4-11/h1-7H,9H2,(H,18,19). The maximum absolute atomic E-state index is 11.8. The molecule has 1 heterocycles. The number of carbonyl (C=O) groups excluding carboxylic acids is 1. The maximum Gasteiger partial charge on any atom is 0.251 e. The lowest BCUT2D eigenvalue weighted by atomic mass is 10.1. The fourth-order valence-corrected chi connectivity index (χ4v) is 1.70. The first-order chi connectivity index (χ1) is 9.19. The minimum atomic E-state index is -0.214. The van der Waals surface area contributed by atoms with Gasteiger partial charge in [-0.3, -0.25) is 4.79 Å². The van der Waals surface area contributed by atoms with E-state index in [1.807, 2.05) is 6.07 Å². The lowest BCUT2D eigenvalue weighted by molar-refractivity contribution is 0.0951. The highest BCUT2D eigenvalue weighted by atomic mass is 35.5. The van der Waals surface area contributed by atoms with Gasteiger partial charge >= 0.3 is 0 Å². The fourth-order valence-electron chi connectivity index (χ4n) is 1.53. The Morgan fingerprint density at radius 2 is 2.05 bits per heavy atom. The Kier molecular flexibility index (Phi) is 4.11. The third-order valence-corrected chi connectivity index (χ3v) is 2.73. The monoisotopic (exact) mass is 271 g/mol. The van der Waals surface area contributed by atoms with E-state index in [1.54, 1.807) is 30.3 Å². The Bertz CT molecular complexity index is 632. The van der Waals surface area contributed by atoms with Crippen LogP contribution in [0.15, 0.2) is 42.6 Å². The van der Waals surface area contributed by atoms with E-state index in [0.29, 0.717) is 17.7 Å². The van der Waals surface area contributed by atoms with Crippen LogP contribution >= 0.6 is 11.6 Å². The van der Waals surface area contributed by atoms with Gasteiger partial charge in [0, 0.05) is 18.3 Å². The van der Waals surface area contributed by atoms with Crippen molar-refractivity contribution in [2.45, 2.75) is 6.54 Å². The van der Waals surface area contributed by atoms with Crippen molar-refractivity contribution in [3.63, 3.8) is 0 Å². The van der Waals surface area contributed by atoms with Crippen LogP contribution in [0.1, 0.15) is 21.5 Å². The lowest BCUT2D eigenvalue weighted by Gasteiger charge is -2.05. The fraction of sp³-hybridized carbons (Fsp3) is 0.0714. The minimum absolute atomic E-state index is 0.214. The molecule has 0 aliphatic heterocycles. The van der Waals surface area contributed by atoms with Crippen LogP contribution in [0, 0.1) is 11.3 Å². The first-order valence-corrected chi connectivity index (χ1v) is 5.95. The Hall–Kier alpha value is -2.38. The van der Waals surface area contributed by atoms with Crippen molar-refractivity contribution in [2.24, 2.45) is 0 Å². The predicted octanol–water partition coefficient (Wildman–Crippen LogP) is 2.54. The van der Waals surface area contributed by atoms with Gasteiger partial charge in [-0.2, -0.15) is 5.26 Å². The van der Waals surface area contributed by atoms with Crippen molar-refractivity contribution in [3.05, 3.63) is 64.4 Å². The van der Waals surface area contributed by atoms with Crippen molar-refractivity contribution in [1.29, 1.82) is 5.26 Å². The number of benzene rings is 1. The molecule has 0 spiro atoms. The highest BCUT2D eigenvalue weighted by molar-refractivity contribution is 6.29. The van der Waals surface area contributed by atoms with Crippen molar-refractivity contribution >= 4 is 17.5 Å². The van der Waals surface area contributed by atoms with E-state index < -0.39 is 0 Å². The maximum atomic E-state index is 11.8. The second kappa shape index (κ2) is 5.98. The molecule has 1 aromatic carbocycles. The van der Waals surface area contributed by atoms with Crippen LogP contribution in [0.25, 0.3) is 0 Å². The molecule has 19 heavy (non-hydrogen) atoms. The van der Waals surface area contributed by atoms with Gasteiger partial charge in [-0.15, -0.1) is 0 Å². The molecule has 2 rings (SSSR count). The van der Waals surface area contributed by atoms with Gasteiger partial charge in [0.05, 0.1) is 11.6 Å². The zero-order valence-corrected chi connectivity index (χ0v) is 10.7. The summed E-state index contributed by atoms with van der Waals surface area (Å²) in [4.78, 5) is 15.7. The number of amides is 1. The topological polar surface area (TPSA) is 65.8 Å². The molecule has 5 heteroatoms. The molecular formula is C14H10ClN3O. The Morgan fingerprint density at radius 1 is 1.32 bits per heavy atom. The van der Waals surface area contributed by atoms with Crippen LogP contribution in [-0.4, -0.2) is 10.9 Å². The van der Waals surface area contributed by atoms with Crippen LogP contribution in [0.3, 0.4) is 0 Å². The molecular weight excluding hydrogens is 262 g/mol. The molecule has 1 aromatic heterocycles. The first kappa shape index (κ1) is 13.1. The quantitative estimate of drug-likeness (QED) is 0.873. The van der Waals surface area contributed by atoms with Gasteiger partial charge in [-0.05, 0) is 29.8 Å². The van der Waals surface area contributed by atoms with Gasteiger partial charge in [0.15, 0.2) is 0 Å². The number of carbonyl (C=O) groups is 1. The molecule has 0 radical (unpaired) electrons. The number of nitrogens with zero attached hydrogens (tertiary/aromatic N) is 2. The highest BCUT2D eigenvalue weighted by Crippen LogP contribution is 2.08. The average molecular weight is 272 g/mol. The van der Waals surface area contributed by atoms with Crippen LogP contribution in [0.5, 0.6) is 0 Å². The largest absolute Gasteiger partial charge is 0.348 e. The van der Waals surface area contributed by atoms with Crippen LogP contribution in [-0.2, 0) is 6.54 Å². The summed E-state index contributed by atoms with van der Waals surface area (Å²) in [6, 6.07) is 12.2. The summed E-state index contributed by atoms with van der Waals surface area (Å²) in [5, 5.41) is 11.7. The predicted molar refractivity (Wildman–Crippen MR) is 71.6 cm³/mol. The number of pyridine rings is 1. The summed E-state index contributed by atoms with van der Waals surface area (Å²) < 4.78 is 0. The number of hydrogen-bond donors (Lipinski definition) is 1.